The summed E-state index contributed by atoms with van der Waals surface area (Å²) in [4.78, 5) is 10.3. The van der Waals surface area contributed by atoms with Gasteiger partial charge in [-0.3, -0.25) is 4.79 Å². The normalized spacial score (nSPS) is 25.7. The van der Waals surface area contributed by atoms with Gasteiger partial charge in [0.25, 0.3) is 0 Å². The van der Waals surface area contributed by atoms with Gasteiger partial charge in [0.15, 0.2) is 0 Å². The second kappa shape index (κ2) is 7.94. The zero-order valence-electron chi connectivity index (χ0n) is 9.15. The van der Waals surface area contributed by atoms with E-state index in [9.17, 15) is 4.79 Å². The van der Waals surface area contributed by atoms with Crippen LogP contribution in [0.25, 0.3) is 0 Å². The number of carboxylic acid groups (broad SMARTS) is 1. The summed E-state index contributed by atoms with van der Waals surface area (Å²) in [6, 6.07) is 0.369. The van der Waals surface area contributed by atoms with Gasteiger partial charge in [-0.2, -0.15) is 0 Å². The lowest BCUT2D eigenvalue weighted by Crippen LogP contribution is -2.32. The Morgan fingerprint density at radius 2 is 1.93 bits per heavy atom. The minimum absolute atomic E-state index is 0. The Morgan fingerprint density at radius 3 is 2.53 bits per heavy atom. The summed E-state index contributed by atoms with van der Waals surface area (Å²) in [5.41, 5.74) is 6.00. The fourth-order valence-corrected chi connectivity index (χ4v) is 2.28. The van der Waals surface area contributed by atoms with Crippen molar-refractivity contribution in [3.8, 4) is 0 Å². The summed E-state index contributed by atoms with van der Waals surface area (Å²) in [5.74, 6) is -0.0320. The van der Waals surface area contributed by atoms with Crippen molar-refractivity contribution < 1.29 is 9.90 Å². The molecule has 3 N–H and O–H groups in total. The smallest absolute Gasteiger partial charge is 0.303 e. The van der Waals surface area contributed by atoms with Gasteiger partial charge in [0.2, 0.25) is 0 Å². The number of aliphatic carboxylic acids is 1. The van der Waals surface area contributed by atoms with Crippen molar-refractivity contribution in [1.29, 1.82) is 0 Å². The van der Waals surface area contributed by atoms with Crippen molar-refractivity contribution in [1.82, 2.24) is 0 Å². The van der Waals surface area contributed by atoms with Crippen LogP contribution in [0.15, 0.2) is 0 Å². The molecule has 1 saturated carbocycles. The van der Waals surface area contributed by atoms with Gasteiger partial charge < -0.3 is 10.8 Å². The van der Waals surface area contributed by atoms with Gasteiger partial charge in [0.1, 0.15) is 0 Å². The average molecular weight is 236 g/mol. The monoisotopic (exact) mass is 235 g/mol. The van der Waals surface area contributed by atoms with Gasteiger partial charge in [-0.1, -0.05) is 19.3 Å². The van der Waals surface area contributed by atoms with Crippen molar-refractivity contribution in [3.63, 3.8) is 0 Å². The highest BCUT2D eigenvalue weighted by atomic mass is 35.5. The van der Waals surface area contributed by atoms with E-state index >= 15 is 0 Å². The van der Waals surface area contributed by atoms with Crippen LogP contribution >= 0.6 is 12.4 Å². The van der Waals surface area contributed by atoms with Crippen molar-refractivity contribution in [2.75, 3.05) is 0 Å². The van der Waals surface area contributed by atoms with Crippen LogP contribution in [0.1, 0.15) is 51.4 Å². The highest BCUT2D eigenvalue weighted by Gasteiger charge is 2.20. The number of rotatable bonds is 5. The van der Waals surface area contributed by atoms with Crippen LogP contribution in [-0.2, 0) is 4.79 Å². The molecule has 1 fully saturated rings. The first-order valence-corrected chi connectivity index (χ1v) is 5.67. The Hall–Kier alpha value is -0.280. The molecule has 0 aliphatic heterocycles. The number of carbonyl (C=O) groups is 1. The minimum atomic E-state index is -0.682. The molecule has 0 aromatic heterocycles. The van der Waals surface area contributed by atoms with Crippen molar-refractivity contribution in [3.05, 3.63) is 0 Å². The van der Waals surface area contributed by atoms with Gasteiger partial charge in [0, 0.05) is 12.5 Å². The predicted molar refractivity (Wildman–Crippen MR) is 63.3 cm³/mol. The Morgan fingerprint density at radius 1 is 1.27 bits per heavy atom. The first-order valence-electron chi connectivity index (χ1n) is 5.67. The van der Waals surface area contributed by atoms with Crippen LogP contribution < -0.4 is 5.73 Å². The van der Waals surface area contributed by atoms with Crippen LogP contribution in [-0.4, -0.2) is 17.1 Å². The number of nitrogens with two attached hydrogens (primary N) is 1. The summed E-state index contributed by atoms with van der Waals surface area (Å²) < 4.78 is 0. The average Bonchev–Trinajstić information content (AvgIpc) is 2.15. The summed E-state index contributed by atoms with van der Waals surface area (Å²) in [6.45, 7) is 0. The number of hydrogen-bond donors (Lipinski definition) is 2. The molecule has 0 bridgehead atoms. The van der Waals surface area contributed by atoms with Gasteiger partial charge in [-0.15, -0.1) is 12.4 Å². The SMILES string of the molecule is Cl.NC1CCCCC1CCCCC(=O)O. The molecule has 0 saturated heterocycles. The first-order chi connectivity index (χ1) is 6.70. The molecule has 1 rings (SSSR count). The maximum absolute atomic E-state index is 10.3. The first kappa shape index (κ1) is 14.7. The molecule has 0 heterocycles. The third-order valence-electron chi connectivity index (χ3n) is 3.18. The van der Waals surface area contributed by atoms with E-state index < -0.39 is 5.97 Å². The predicted octanol–water partition coefficient (Wildman–Crippen LogP) is 2.57. The molecule has 1 aliphatic rings. The van der Waals surface area contributed by atoms with Crippen LogP contribution in [0, 0.1) is 5.92 Å². The standard InChI is InChI=1S/C11H21NO2.ClH/c12-10-7-3-1-5-9(10)6-2-4-8-11(13)14;/h9-10H,1-8,12H2,(H,13,14);1H. The lowest BCUT2D eigenvalue weighted by Gasteiger charge is -2.28. The molecule has 1 aliphatic carbocycles. The van der Waals surface area contributed by atoms with Crippen LogP contribution in [0.4, 0.5) is 0 Å². The fraction of sp³-hybridized carbons (Fsp3) is 0.909. The molecule has 2 unspecified atom stereocenters. The quantitative estimate of drug-likeness (QED) is 0.720. The molecule has 4 heteroatoms. The lowest BCUT2D eigenvalue weighted by atomic mass is 9.82. The maximum atomic E-state index is 10.3. The highest BCUT2D eigenvalue weighted by Crippen LogP contribution is 2.27. The number of unbranched alkanes of at least 4 members (excludes halogenated alkanes) is 1. The Kier molecular flexibility index (Phi) is 7.79. The lowest BCUT2D eigenvalue weighted by molar-refractivity contribution is -0.137. The molecule has 0 aromatic carbocycles. The summed E-state index contributed by atoms with van der Waals surface area (Å²) in [7, 11) is 0. The van der Waals surface area contributed by atoms with Crippen LogP contribution in [0.5, 0.6) is 0 Å². The molecular formula is C11H22ClNO2. The number of hydrogen-bond acceptors (Lipinski definition) is 2. The molecule has 0 amide bonds. The molecule has 15 heavy (non-hydrogen) atoms. The number of carboxylic acids is 1. The summed E-state index contributed by atoms with van der Waals surface area (Å²) >= 11 is 0. The van der Waals surface area contributed by atoms with E-state index in [2.05, 4.69) is 0 Å². The van der Waals surface area contributed by atoms with Crippen LogP contribution in [0.3, 0.4) is 0 Å². The van der Waals surface area contributed by atoms with Crippen LogP contribution in [0.2, 0.25) is 0 Å². The third-order valence-corrected chi connectivity index (χ3v) is 3.18. The Bertz CT molecular complexity index is 187. The van der Waals surface area contributed by atoms with E-state index in [1.54, 1.807) is 0 Å². The fourth-order valence-electron chi connectivity index (χ4n) is 2.28. The van der Waals surface area contributed by atoms with E-state index in [4.69, 9.17) is 10.8 Å². The summed E-state index contributed by atoms with van der Waals surface area (Å²) in [6.07, 6.45) is 8.22. The van der Waals surface area contributed by atoms with E-state index in [0.717, 1.165) is 25.7 Å². The molecular weight excluding hydrogens is 214 g/mol. The second-order valence-corrected chi connectivity index (χ2v) is 4.35. The molecule has 3 nitrogen and oxygen atoms in total. The summed E-state index contributed by atoms with van der Waals surface area (Å²) in [5, 5.41) is 8.48. The van der Waals surface area contributed by atoms with Crippen molar-refractivity contribution >= 4 is 18.4 Å². The van der Waals surface area contributed by atoms with Crippen molar-refractivity contribution in [2.24, 2.45) is 11.7 Å². The zero-order chi connectivity index (χ0) is 10.4. The van der Waals surface area contributed by atoms with Gasteiger partial charge >= 0.3 is 5.97 Å². The zero-order valence-corrected chi connectivity index (χ0v) is 9.97. The maximum Gasteiger partial charge on any atom is 0.303 e. The molecule has 0 spiro atoms. The number of halogens is 1. The van der Waals surface area contributed by atoms with Gasteiger partial charge in [-0.25, -0.2) is 0 Å². The largest absolute Gasteiger partial charge is 0.481 e. The third kappa shape index (κ3) is 6.00. The Balaban J connectivity index is 0.00000196. The minimum Gasteiger partial charge on any atom is -0.481 e. The van der Waals surface area contributed by atoms with E-state index in [-0.39, 0.29) is 12.4 Å². The van der Waals surface area contributed by atoms with E-state index in [1.807, 2.05) is 0 Å². The molecule has 90 valence electrons. The molecule has 0 aromatic rings. The second-order valence-electron chi connectivity index (χ2n) is 4.35. The van der Waals surface area contributed by atoms with E-state index in [0.29, 0.717) is 18.4 Å². The van der Waals surface area contributed by atoms with Crippen molar-refractivity contribution in [2.45, 2.75) is 57.4 Å². The van der Waals surface area contributed by atoms with Gasteiger partial charge in [0.05, 0.1) is 0 Å². The highest BCUT2D eigenvalue weighted by molar-refractivity contribution is 5.85. The van der Waals surface area contributed by atoms with E-state index in [1.165, 1.54) is 19.3 Å². The molecule has 0 radical (unpaired) electrons. The Labute approximate surface area is 97.8 Å². The van der Waals surface area contributed by atoms with Gasteiger partial charge in [-0.05, 0) is 31.6 Å². The topological polar surface area (TPSA) is 63.3 Å². The molecule has 2 atom stereocenters.